The Morgan fingerprint density at radius 1 is 1.15 bits per heavy atom. The van der Waals surface area contributed by atoms with Gasteiger partial charge in [0.1, 0.15) is 0 Å². The van der Waals surface area contributed by atoms with E-state index in [4.69, 9.17) is 9.47 Å². The fourth-order valence-electron chi connectivity index (χ4n) is 1.24. The average molecular weight is 179 g/mol. The van der Waals surface area contributed by atoms with Crippen LogP contribution in [0.1, 0.15) is 12.0 Å². The van der Waals surface area contributed by atoms with E-state index in [0.29, 0.717) is 0 Å². The molecule has 0 heterocycles. The molecule has 71 valence electrons. The largest absolute Gasteiger partial charge is 0.493 e. The number of hydrogen-bond donors (Lipinski definition) is 0. The van der Waals surface area contributed by atoms with Crippen LogP contribution in [0.25, 0.3) is 0 Å². The highest BCUT2D eigenvalue weighted by Gasteiger charge is 2.03. The highest BCUT2D eigenvalue weighted by atomic mass is 16.5. The molecule has 1 radical (unpaired) electrons. The number of ether oxygens (including phenoxy) is 2. The summed E-state index contributed by atoms with van der Waals surface area (Å²) in [6, 6.07) is 5.94. The van der Waals surface area contributed by atoms with Crippen molar-refractivity contribution in [1.82, 2.24) is 0 Å². The van der Waals surface area contributed by atoms with Gasteiger partial charge in [0.2, 0.25) is 0 Å². The lowest BCUT2D eigenvalue weighted by molar-refractivity contribution is 0.354. The van der Waals surface area contributed by atoms with Gasteiger partial charge in [-0.2, -0.15) is 0 Å². The first-order chi connectivity index (χ1) is 6.31. The van der Waals surface area contributed by atoms with E-state index in [9.17, 15) is 0 Å². The molecule has 0 saturated heterocycles. The van der Waals surface area contributed by atoms with E-state index in [0.717, 1.165) is 24.3 Å². The van der Waals surface area contributed by atoms with Crippen molar-refractivity contribution < 1.29 is 9.47 Å². The molecule has 0 aromatic heterocycles. The molecule has 1 rings (SSSR count). The summed E-state index contributed by atoms with van der Waals surface area (Å²) in [7, 11) is 3.28. The van der Waals surface area contributed by atoms with Crippen molar-refractivity contribution in [2.75, 3.05) is 14.2 Å². The zero-order valence-electron chi connectivity index (χ0n) is 8.17. The van der Waals surface area contributed by atoms with E-state index in [2.05, 4.69) is 6.92 Å². The van der Waals surface area contributed by atoms with E-state index in [1.165, 1.54) is 5.56 Å². The van der Waals surface area contributed by atoms with E-state index in [1.807, 2.05) is 18.2 Å². The van der Waals surface area contributed by atoms with Gasteiger partial charge < -0.3 is 9.47 Å². The van der Waals surface area contributed by atoms with Gasteiger partial charge >= 0.3 is 0 Å². The Morgan fingerprint density at radius 3 is 2.38 bits per heavy atom. The summed E-state index contributed by atoms with van der Waals surface area (Å²) in [6.07, 6.45) is 1.87. The van der Waals surface area contributed by atoms with E-state index < -0.39 is 0 Å². The zero-order valence-corrected chi connectivity index (χ0v) is 8.17. The molecule has 0 aliphatic carbocycles. The topological polar surface area (TPSA) is 18.5 Å². The molecule has 0 aliphatic rings. The normalized spacial score (nSPS) is 9.77. The van der Waals surface area contributed by atoms with Crippen molar-refractivity contribution in [3.63, 3.8) is 0 Å². The van der Waals surface area contributed by atoms with Gasteiger partial charge in [0, 0.05) is 0 Å². The Kier molecular flexibility index (Phi) is 3.62. The van der Waals surface area contributed by atoms with Gasteiger partial charge in [-0.1, -0.05) is 13.0 Å². The summed E-state index contributed by atoms with van der Waals surface area (Å²) in [5.74, 6) is 1.56. The average Bonchev–Trinajstić information content (AvgIpc) is 2.18. The van der Waals surface area contributed by atoms with E-state index in [-0.39, 0.29) is 0 Å². The monoisotopic (exact) mass is 179 g/mol. The van der Waals surface area contributed by atoms with Gasteiger partial charge in [-0.3, -0.25) is 0 Å². The number of benzene rings is 1. The number of methoxy groups -OCH3 is 2. The molecule has 0 unspecified atom stereocenters. The van der Waals surface area contributed by atoms with Gasteiger partial charge in [-0.15, -0.1) is 0 Å². The molecule has 1 aromatic carbocycles. The lowest BCUT2D eigenvalue weighted by Crippen LogP contribution is -1.92. The molecule has 0 atom stereocenters. The Hall–Kier alpha value is -1.18. The van der Waals surface area contributed by atoms with Gasteiger partial charge in [0.25, 0.3) is 0 Å². The van der Waals surface area contributed by atoms with Crippen LogP contribution in [0.3, 0.4) is 0 Å². The maximum atomic E-state index is 5.18. The summed E-state index contributed by atoms with van der Waals surface area (Å²) >= 11 is 0. The minimum atomic E-state index is 0.773. The van der Waals surface area contributed by atoms with Crippen LogP contribution in [0.5, 0.6) is 11.5 Å². The van der Waals surface area contributed by atoms with E-state index >= 15 is 0 Å². The lowest BCUT2D eigenvalue weighted by Gasteiger charge is -2.08. The predicted molar refractivity (Wildman–Crippen MR) is 53.2 cm³/mol. The first-order valence-corrected chi connectivity index (χ1v) is 4.32. The molecule has 13 heavy (non-hydrogen) atoms. The molecule has 0 spiro atoms. The van der Waals surface area contributed by atoms with Crippen molar-refractivity contribution in [2.45, 2.75) is 12.8 Å². The Bertz CT molecular complexity index is 269. The fourth-order valence-corrected chi connectivity index (χ4v) is 1.24. The quantitative estimate of drug-likeness (QED) is 0.707. The first-order valence-electron chi connectivity index (χ1n) is 4.32. The van der Waals surface area contributed by atoms with Gasteiger partial charge in [0.05, 0.1) is 14.2 Å². The fraction of sp³-hybridized carbons (Fsp3) is 0.364. The second-order valence-corrected chi connectivity index (χ2v) is 2.79. The van der Waals surface area contributed by atoms with Crippen LogP contribution in [0.15, 0.2) is 18.2 Å². The van der Waals surface area contributed by atoms with Crippen molar-refractivity contribution in [3.8, 4) is 11.5 Å². The minimum Gasteiger partial charge on any atom is -0.493 e. The Morgan fingerprint density at radius 2 is 1.85 bits per heavy atom. The first kappa shape index (κ1) is 9.90. The third kappa shape index (κ3) is 2.38. The van der Waals surface area contributed by atoms with Crippen molar-refractivity contribution in [2.24, 2.45) is 0 Å². The summed E-state index contributed by atoms with van der Waals surface area (Å²) < 4.78 is 10.3. The summed E-state index contributed by atoms with van der Waals surface area (Å²) in [5, 5.41) is 0. The molecule has 0 aliphatic heterocycles. The smallest absolute Gasteiger partial charge is 0.160 e. The molecule has 2 heteroatoms. The molecule has 1 aromatic rings. The minimum absolute atomic E-state index is 0.773. The molecule has 0 N–H and O–H groups in total. The van der Waals surface area contributed by atoms with Crippen LogP contribution >= 0.6 is 0 Å². The Labute approximate surface area is 79.5 Å². The Balaban J connectivity index is 2.91. The van der Waals surface area contributed by atoms with Gasteiger partial charge in [-0.25, -0.2) is 0 Å². The molecule has 0 fully saturated rings. The number of aryl methyl sites for hydroxylation is 1. The third-order valence-corrected chi connectivity index (χ3v) is 1.91. The third-order valence-electron chi connectivity index (χ3n) is 1.91. The van der Waals surface area contributed by atoms with Crippen LogP contribution < -0.4 is 9.47 Å². The van der Waals surface area contributed by atoms with Crippen LogP contribution in [0.4, 0.5) is 0 Å². The van der Waals surface area contributed by atoms with Crippen molar-refractivity contribution >= 4 is 0 Å². The van der Waals surface area contributed by atoms with Crippen LogP contribution in [0, 0.1) is 6.92 Å². The molecular formula is C11H15O2. The van der Waals surface area contributed by atoms with Crippen molar-refractivity contribution in [1.29, 1.82) is 0 Å². The maximum Gasteiger partial charge on any atom is 0.160 e. The molecular weight excluding hydrogens is 164 g/mol. The highest BCUT2D eigenvalue weighted by molar-refractivity contribution is 5.42. The zero-order chi connectivity index (χ0) is 9.68. The standard InChI is InChI=1S/C11H15O2/c1-4-5-9-6-7-10(12-2)11(8-9)13-3/h6-8H,1,4-5H2,2-3H3. The molecule has 0 saturated carbocycles. The maximum absolute atomic E-state index is 5.18. The van der Waals surface area contributed by atoms with Crippen molar-refractivity contribution in [3.05, 3.63) is 30.7 Å². The predicted octanol–water partition coefficient (Wildman–Crippen LogP) is 2.47. The van der Waals surface area contributed by atoms with Crippen LogP contribution in [-0.2, 0) is 6.42 Å². The summed E-state index contributed by atoms with van der Waals surface area (Å²) in [4.78, 5) is 0. The van der Waals surface area contributed by atoms with Gasteiger partial charge in [-0.05, 0) is 30.5 Å². The molecule has 0 bridgehead atoms. The highest BCUT2D eigenvalue weighted by Crippen LogP contribution is 2.27. The second-order valence-electron chi connectivity index (χ2n) is 2.79. The molecule has 0 amide bonds. The lowest BCUT2D eigenvalue weighted by atomic mass is 10.1. The SMILES string of the molecule is [CH2]CCc1ccc(OC)c(OC)c1. The molecule has 2 nitrogen and oxygen atoms in total. The number of rotatable bonds is 4. The van der Waals surface area contributed by atoms with Crippen LogP contribution in [0.2, 0.25) is 0 Å². The van der Waals surface area contributed by atoms with Gasteiger partial charge in [0.15, 0.2) is 11.5 Å². The summed E-state index contributed by atoms with van der Waals surface area (Å²) in [5.41, 5.74) is 1.23. The summed E-state index contributed by atoms with van der Waals surface area (Å²) in [6.45, 7) is 3.81. The van der Waals surface area contributed by atoms with Crippen LogP contribution in [-0.4, -0.2) is 14.2 Å². The number of hydrogen-bond acceptors (Lipinski definition) is 2. The second kappa shape index (κ2) is 4.75. The van der Waals surface area contributed by atoms with E-state index in [1.54, 1.807) is 14.2 Å².